The minimum absolute atomic E-state index is 0.0678. The van der Waals surface area contributed by atoms with E-state index >= 15 is 0 Å². The minimum Gasteiger partial charge on any atom is -0.494 e. The summed E-state index contributed by atoms with van der Waals surface area (Å²) in [6, 6.07) is 12.6. The van der Waals surface area contributed by atoms with E-state index in [1.807, 2.05) is 24.3 Å². The van der Waals surface area contributed by atoms with Gasteiger partial charge in [0.25, 0.3) is 5.22 Å². The molecule has 0 radical (unpaired) electrons. The SMILES string of the molecule is COc1ccc(CN(C)C(=O)CSc2nnc(-c3ccc(C(C)(C)C)cc3)o2)cc1F. The molecule has 8 heteroatoms. The normalized spacial score (nSPS) is 11.4. The van der Waals surface area contributed by atoms with Crippen LogP contribution in [0.1, 0.15) is 31.9 Å². The summed E-state index contributed by atoms with van der Waals surface area (Å²) in [5, 5.41) is 8.43. The van der Waals surface area contributed by atoms with Crippen LogP contribution in [0.15, 0.2) is 52.1 Å². The van der Waals surface area contributed by atoms with Gasteiger partial charge in [0, 0.05) is 19.2 Å². The van der Waals surface area contributed by atoms with E-state index < -0.39 is 5.82 Å². The van der Waals surface area contributed by atoms with Gasteiger partial charge in [0.15, 0.2) is 11.6 Å². The average molecular weight is 444 g/mol. The van der Waals surface area contributed by atoms with Gasteiger partial charge in [-0.25, -0.2) is 4.39 Å². The van der Waals surface area contributed by atoms with E-state index in [0.29, 0.717) is 16.7 Å². The minimum atomic E-state index is -0.454. The molecule has 3 aromatic rings. The Morgan fingerprint density at radius 3 is 2.48 bits per heavy atom. The van der Waals surface area contributed by atoms with E-state index in [2.05, 4.69) is 31.0 Å². The Bertz CT molecular complexity index is 1040. The highest BCUT2D eigenvalue weighted by Gasteiger charge is 2.17. The molecule has 2 aromatic carbocycles. The Hall–Kier alpha value is -2.87. The fraction of sp³-hybridized carbons (Fsp3) is 0.348. The van der Waals surface area contributed by atoms with Gasteiger partial charge in [-0.3, -0.25) is 4.79 Å². The zero-order valence-electron chi connectivity index (χ0n) is 18.3. The van der Waals surface area contributed by atoms with Crippen LogP contribution in [0, 0.1) is 5.82 Å². The van der Waals surface area contributed by atoms with Gasteiger partial charge < -0.3 is 14.1 Å². The Kier molecular flexibility index (Phi) is 7.00. The Labute approximate surface area is 185 Å². The van der Waals surface area contributed by atoms with E-state index in [4.69, 9.17) is 9.15 Å². The second-order valence-corrected chi connectivity index (χ2v) is 9.13. The number of hydrogen-bond donors (Lipinski definition) is 0. The first-order chi connectivity index (χ1) is 14.7. The highest BCUT2D eigenvalue weighted by atomic mass is 32.2. The molecule has 0 atom stereocenters. The molecule has 31 heavy (non-hydrogen) atoms. The van der Waals surface area contributed by atoms with Gasteiger partial charge in [-0.15, -0.1) is 10.2 Å². The number of rotatable bonds is 7. The molecule has 6 nitrogen and oxygen atoms in total. The maximum absolute atomic E-state index is 13.8. The molecule has 1 heterocycles. The molecule has 0 bridgehead atoms. The van der Waals surface area contributed by atoms with E-state index in [1.165, 1.54) is 35.4 Å². The second-order valence-electron chi connectivity index (χ2n) is 8.21. The molecule has 0 saturated carbocycles. The summed E-state index contributed by atoms with van der Waals surface area (Å²) >= 11 is 1.17. The first kappa shape index (κ1) is 22.8. The predicted molar refractivity (Wildman–Crippen MR) is 119 cm³/mol. The maximum atomic E-state index is 13.8. The third-order valence-electron chi connectivity index (χ3n) is 4.79. The summed E-state index contributed by atoms with van der Waals surface area (Å²) in [5.41, 5.74) is 2.80. The number of carbonyl (C=O) groups is 1. The smallest absolute Gasteiger partial charge is 0.277 e. The highest BCUT2D eigenvalue weighted by Crippen LogP contribution is 2.27. The molecule has 164 valence electrons. The van der Waals surface area contributed by atoms with Gasteiger partial charge in [-0.1, -0.05) is 50.7 Å². The number of aromatic nitrogens is 2. The zero-order valence-corrected chi connectivity index (χ0v) is 19.1. The zero-order chi connectivity index (χ0) is 22.6. The van der Waals surface area contributed by atoms with Crippen molar-refractivity contribution >= 4 is 17.7 Å². The Balaban J connectivity index is 1.56. The lowest BCUT2D eigenvalue weighted by Gasteiger charge is -2.18. The van der Waals surface area contributed by atoms with Crippen molar-refractivity contribution in [3.05, 3.63) is 59.4 Å². The van der Waals surface area contributed by atoms with Crippen LogP contribution in [0.4, 0.5) is 4.39 Å². The van der Waals surface area contributed by atoms with E-state index in [9.17, 15) is 9.18 Å². The van der Waals surface area contributed by atoms with Crippen molar-refractivity contribution in [2.75, 3.05) is 19.9 Å². The molecule has 0 aliphatic rings. The molecule has 0 fully saturated rings. The molecular weight excluding hydrogens is 417 g/mol. The largest absolute Gasteiger partial charge is 0.494 e. The molecule has 1 aromatic heterocycles. The number of hydrogen-bond acceptors (Lipinski definition) is 6. The molecule has 0 aliphatic carbocycles. The van der Waals surface area contributed by atoms with Crippen LogP contribution in [-0.2, 0) is 16.8 Å². The number of carbonyl (C=O) groups excluding carboxylic acids is 1. The second kappa shape index (κ2) is 9.51. The standard InChI is InChI=1S/C23H26FN3O3S/c1-23(2,3)17-9-7-16(8-10-17)21-25-26-22(30-21)31-14-20(28)27(4)13-15-6-11-19(29-5)18(24)12-15/h6-12H,13-14H2,1-5H3. The Morgan fingerprint density at radius 1 is 1.16 bits per heavy atom. The number of methoxy groups -OCH3 is 1. The molecule has 0 saturated heterocycles. The van der Waals surface area contributed by atoms with Crippen LogP contribution in [0.5, 0.6) is 5.75 Å². The van der Waals surface area contributed by atoms with Crippen LogP contribution in [0.25, 0.3) is 11.5 Å². The molecule has 0 unspecified atom stereocenters. The number of thioether (sulfide) groups is 1. The fourth-order valence-corrected chi connectivity index (χ4v) is 3.61. The van der Waals surface area contributed by atoms with Crippen LogP contribution < -0.4 is 4.74 Å². The van der Waals surface area contributed by atoms with Gasteiger partial charge in [-0.2, -0.15) is 0 Å². The Morgan fingerprint density at radius 2 is 1.87 bits per heavy atom. The van der Waals surface area contributed by atoms with Gasteiger partial charge in [0.05, 0.1) is 12.9 Å². The van der Waals surface area contributed by atoms with Crippen LogP contribution in [-0.4, -0.2) is 40.9 Å². The number of nitrogens with zero attached hydrogens (tertiary/aromatic N) is 3. The molecule has 0 aliphatic heterocycles. The topological polar surface area (TPSA) is 68.5 Å². The summed E-state index contributed by atoms with van der Waals surface area (Å²) < 4.78 is 24.4. The molecular formula is C23H26FN3O3S. The fourth-order valence-electron chi connectivity index (χ4n) is 2.90. The van der Waals surface area contributed by atoms with Crippen molar-refractivity contribution in [2.24, 2.45) is 0 Å². The molecule has 3 rings (SSSR count). The lowest BCUT2D eigenvalue weighted by molar-refractivity contribution is -0.127. The van der Waals surface area contributed by atoms with Gasteiger partial charge in [0.2, 0.25) is 11.8 Å². The van der Waals surface area contributed by atoms with Crippen LogP contribution in [0.2, 0.25) is 0 Å². The molecule has 0 spiro atoms. The molecule has 1 amide bonds. The number of ether oxygens (including phenoxy) is 1. The summed E-state index contributed by atoms with van der Waals surface area (Å²) in [7, 11) is 3.08. The number of amides is 1. The van der Waals surface area contributed by atoms with E-state index in [0.717, 1.165) is 5.56 Å². The summed E-state index contributed by atoms with van der Waals surface area (Å²) in [4.78, 5) is 14.0. The van der Waals surface area contributed by atoms with Crippen molar-refractivity contribution in [3.63, 3.8) is 0 Å². The van der Waals surface area contributed by atoms with Gasteiger partial charge >= 0.3 is 0 Å². The lowest BCUT2D eigenvalue weighted by atomic mass is 9.87. The van der Waals surface area contributed by atoms with E-state index in [1.54, 1.807) is 19.2 Å². The quantitative estimate of drug-likeness (QED) is 0.482. The van der Waals surface area contributed by atoms with Gasteiger partial charge in [-0.05, 0) is 40.8 Å². The first-order valence-electron chi connectivity index (χ1n) is 9.81. The highest BCUT2D eigenvalue weighted by molar-refractivity contribution is 7.99. The van der Waals surface area contributed by atoms with E-state index in [-0.39, 0.29) is 29.4 Å². The third kappa shape index (κ3) is 5.85. The van der Waals surface area contributed by atoms with Crippen molar-refractivity contribution in [1.29, 1.82) is 0 Å². The molecule has 0 N–H and O–H groups in total. The summed E-state index contributed by atoms with van der Waals surface area (Å²) in [6.45, 7) is 6.75. The van der Waals surface area contributed by atoms with Gasteiger partial charge in [0.1, 0.15) is 0 Å². The summed E-state index contributed by atoms with van der Waals surface area (Å²) in [5.74, 6) is 0.144. The predicted octanol–water partition coefficient (Wildman–Crippen LogP) is 4.93. The number of halogens is 1. The number of benzene rings is 2. The van der Waals surface area contributed by atoms with Crippen molar-refractivity contribution in [2.45, 2.75) is 38.0 Å². The van der Waals surface area contributed by atoms with Crippen molar-refractivity contribution in [1.82, 2.24) is 15.1 Å². The van der Waals surface area contributed by atoms with Crippen LogP contribution in [0.3, 0.4) is 0 Å². The average Bonchev–Trinajstić information content (AvgIpc) is 3.20. The lowest BCUT2D eigenvalue weighted by Crippen LogP contribution is -2.27. The maximum Gasteiger partial charge on any atom is 0.277 e. The van der Waals surface area contributed by atoms with Crippen molar-refractivity contribution in [3.8, 4) is 17.2 Å². The third-order valence-corrected chi connectivity index (χ3v) is 5.59. The van der Waals surface area contributed by atoms with Crippen molar-refractivity contribution < 1.29 is 18.3 Å². The van der Waals surface area contributed by atoms with Crippen LogP contribution >= 0.6 is 11.8 Å². The monoisotopic (exact) mass is 443 g/mol. The first-order valence-corrected chi connectivity index (χ1v) is 10.8. The summed E-state index contributed by atoms with van der Waals surface area (Å²) in [6.07, 6.45) is 0.